The average Bonchev–Trinajstić information content (AvgIpc) is 2.03. The third-order valence-corrected chi connectivity index (χ3v) is 1.02. The van der Waals surface area contributed by atoms with Gasteiger partial charge in [-0.1, -0.05) is 6.07 Å². The van der Waals surface area contributed by atoms with Crippen LogP contribution in [0.25, 0.3) is 0 Å². The molecule has 1 N–H and O–H groups in total. The van der Waals surface area contributed by atoms with Crippen molar-refractivity contribution < 1.29 is 5.11 Å². The Labute approximate surface area is 59.7 Å². The molecule has 3 heteroatoms. The molecule has 1 rings (SSSR count). The molecule has 0 aliphatic carbocycles. The van der Waals surface area contributed by atoms with E-state index in [2.05, 4.69) is 10.3 Å². The minimum atomic E-state index is 0.0799. The van der Waals surface area contributed by atoms with E-state index in [9.17, 15) is 0 Å². The van der Waals surface area contributed by atoms with Crippen LogP contribution >= 0.6 is 0 Å². The van der Waals surface area contributed by atoms with E-state index >= 15 is 0 Å². The lowest BCUT2D eigenvalue weighted by molar-refractivity contribution is 0.298. The molecule has 0 unspecified atom stereocenters. The Kier molecular flexibility index (Phi) is 2.70. The number of nitrogens with zero attached hydrogens (tertiary/aromatic N) is 2. The van der Waals surface area contributed by atoms with E-state index in [-0.39, 0.29) is 6.61 Å². The van der Waals surface area contributed by atoms with Crippen LogP contribution in [0.1, 0.15) is 0 Å². The maximum atomic E-state index is 8.41. The van der Waals surface area contributed by atoms with Crippen molar-refractivity contribution in [2.75, 3.05) is 13.2 Å². The van der Waals surface area contributed by atoms with E-state index in [0.717, 1.165) is 0 Å². The van der Waals surface area contributed by atoms with Gasteiger partial charge in [0.2, 0.25) is 0 Å². The van der Waals surface area contributed by atoms with Gasteiger partial charge in [0.25, 0.3) is 0 Å². The van der Waals surface area contributed by atoms with Gasteiger partial charge in [0, 0.05) is 6.20 Å². The highest BCUT2D eigenvalue weighted by Gasteiger charge is 1.89. The molecule has 0 saturated heterocycles. The van der Waals surface area contributed by atoms with Crippen LogP contribution in [0.4, 0.5) is 5.82 Å². The third kappa shape index (κ3) is 2.03. The van der Waals surface area contributed by atoms with Gasteiger partial charge in [-0.2, -0.15) is 0 Å². The highest BCUT2D eigenvalue weighted by atomic mass is 16.3. The summed E-state index contributed by atoms with van der Waals surface area (Å²) < 4.78 is 0. The number of pyridine rings is 1. The molecule has 1 radical (unpaired) electrons. The molecule has 0 aliphatic rings. The van der Waals surface area contributed by atoms with Gasteiger partial charge in [0.05, 0.1) is 13.2 Å². The van der Waals surface area contributed by atoms with E-state index < -0.39 is 0 Å². The van der Waals surface area contributed by atoms with Gasteiger partial charge in [-0.25, -0.2) is 4.98 Å². The van der Waals surface area contributed by atoms with Gasteiger partial charge < -0.3 is 5.11 Å². The SMILES string of the molecule is OCC[N]c1ccccn1. The van der Waals surface area contributed by atoms with Crippen molar-refractivity contribution in [1.82, 2.24) is 10.3 Å². The van der Waals surface area contributed by atoms with Crippen LogP contribution < -0.4 is 5.32 Å². The van der Waals surface area contributed by atoms with E-state index in [4.69, 9.17) is 5.11 Å². The van der Waals surface area contributed by atoms with E-state index in [1.807, 2.05) is 12.1 Å². The lowest BCUT2D eigenvalue weighted by Gasteiger charge is -1.96. The fourth-order valence-electron chi connectivity index (χ4n) is 0.612. The topological polar surface area (TPSA) is 47.2 Å². The van der Waals surface area contributed by atoms with Crippen molar-refractivity contribution in [2.45, 2.75) is 0 Å². The summed E-state index contributed by atoms with van der Waals surface area (Å²) in [4.78, 5) is 3.94. The van der Waals surface area contributed by atoms with Crippen LogP contribution in [0.3, 0.4) is 0 Å². The summed E-state index contributed by atoms with van der Waals surface area (Å²) in [7, 11) is 0. The number of hydrogen-bond donors (Lipinski definition) is 1. The van der Waals surface area contributed by atoms with Crippen LogP contribution in [0.15, 0.2) is 24.4 Å². The second-order valence-electron chi connectivity index (χ2n) is 1.79. The molecule has 0 atom stereocenters. The minimum absolute atomic E-state index is 0.0799. The molecule has 53 valence electrons. The van der Waals surface area contributed by atoms with E-state index in [1.165, 1.54) is 0 Å². The van der Waals surface area contributed by atoms with Crippen molar-refractivity contribution in [3.63, 3.8) is 0 Å². The largest absolute Gasteiger partial charge is 0.394 e. The molecule has 0 spiro atoms. The summed E-state index contributed by atoms with van der Waals surface area (Å²) in [5.41, 5.74) is 0. The zero-order valence-electron chi connectivity index (χ0n) is 5.57. The normalized spacial score (nSPS) is 9.30. The van der Waals surface area contributed by atoms with Gasteiger partial charge in [-0.15, -0.1) is 0 Å². The molecule has 1 aromatic heterocycles. The quantitative estimate of drug-likeness (QED) is 0.651. The fraction of sp³-hybridized carbons (Fsp3) is 0.286. The molecule has 1 aromatic rings. The summed E-state index contributed by atoms with van der Waals surface area (Å²) in [5, 5.41) is 12.4. The Morgan fingerprint density at radius 2 is 2.40 bits per heavy atom. The average molecular weight is 137 g/mol. The first-order valence-corrected chi connectivity index (χ1v) is 3.13. The van der Waals surface area contributed by atoms with Gasteiger partial charge in [0.1, 0.15) is 5.82 Å². The second-order valence-corrected chi connectivity index (χ2v) is 1.79. The van der Waals surface area contributed by atoms with Crippen molar-refractivity contribution in [2.24, 2.45) is 0 Å². The predicted molar refractivity (Wildman–Crippen MR) is 38.0 cm³/mol. The van der Waals surface area contributed by atoms with Crippen LogP contribution in [0.2, 0.25) is 0 Å². The predicted octanol–water partition coefficient (Wildman–Crippen LogP) is 0.310. The Morgan fingerprint density at radius 1 is 1.50 bits per heavy atom. The number of aliphatic hydroxyl groups is 1. The van der Waals surface area contributed by atoms with Gasteiger partial charge in [-0.05, 0) is 12.1 Å². The monoisotopic (exact) mass is 137 g/mol. The third-order valence-electron chi connectivity index (χ3n) is 1.02. The first-order chi connectivity index (χ1) is 4.93. The van der Waals surface area contributed by atoms with E-state index in [1.54, 1.807) is 12.3 Å². The molecule has 10 heavy (non-hydrogen) atoms. The summed E-state index contributed by atoms with van der Waals surface area (Å²) >= 11 is 0. The van der Waals surface area contributed by atoms with Crippen molar-refractivity contribution >= 4 is 5.82 Å². The Morgan fingerprint density at radius 3 is 3.00 bits per heavy atom. The first kappa shape index (κ1) is 7.02. The van der Waals surface area contributed by atoms with Crippen molar-refractivity contribution in [3.05, 3.63) is 24.4 Å². The highest BCUT2D eigenvalue weighted by molar-refractivity contribution is 5.23. The van der Waals surface area contributed by atoms with Crippen molar-refractivity contribution in [3.8, 4) is 0 Å². The number of aliphatic hydroxyl groups excluding tert-OH is 1. The zero-order chi connectivity index (χ0) is 7.23. The number of hydrogen-bond acceptors (Lipinski definition) is 2. The van der Waals surface area contributed by atoms with Crippen molar-refractivity contribution in [1.29, 1.82) is 0 Å². The summed E-state index contributed by atoms with van der Waals surface area (Å²) in [6.07, 6.45) is 1.68. The molecule has 0 fully saturated rings. The highest BCUT2D eigenvalue weighted by Crippen LogP contribution is 1.97. The van der Waals surface area contributed by atoms with Crippen LogP contribution in [-0.2, 0) is 0 Å². The van der Waals surface area contributed by atoms with Gasteiger partial charge >= 0.3 is 0 Å². The fourth-order valence-corrected chi connectivity index (χ4v) is 0.612. The molecule has 0 aliphatic heterocycles. The maximum Gasteiger partial charge on any atom is 0.147 e. The Hall–Kier alpha value is -1.09. The molecule has 3 nitrogen and oxygen atoms in total. The molecule has 0 aromatic carbocycles. The summed E-state index contributed by atoms with van der Waals surface area (Å²) in [6, 6.07) is 5.50. The Bertz CT molecular complexity index is 176. The zero-order valence-corrected chi connectivity index (χ0v) is 5.57. The Balaban J connectivity index is 2.43. The number of aromatic nitrogens is 1. The molecular formula is C7H9N2O. The molecule has 1 heterocycles. The van der Waals surface area contributed by atoms with Crippen LogP contribution in [0, 0.1) is 0 Å². The smallest absolute Gasteiger partial charge is 0.147 e. The van der Waals surface area contributed by atoms with Gasteiger partial charge in [0.15, 0.2) is 0 Å². The minimum Gasteiger partial charge on any atom is -0.394 e. The van der Waals surface area contributed by atoms with Crippen LogP contribution in [-0.4, -0.2) is 23.2 Å². The molecule has 0 amide bonds. The summed E-state index contributed by atoms with van der Waals surface area (Å²) in [5.74, 6) is 0.677. The second kappa shape index (κ2) is 3.85. The lowest BCUT2D eigenvalue weighted by atomic mass is 10.4. The molecular weight excluding hydrogens is 128 g/mol. The van der Waals surface area contributed by atoms with Gasteiger partial charge in [-0.3, -0.25) is 5.32 Å². The number of rotatable bonds is 3. The lowest BCUT2D eigenvalue weighted by Crippen LogP contribution is -2.04. The summed E-state index contributed by atoms with van der Waals surface area (Å²) in [6.45, 7) is 0.508. The molecule has 0 saturated carbocycles. The van der Waals surface area contributed by atoms with E-state index in [0.29, 0.717) is 12.4 Å². The first-order valence-electron chi connectivity index (χ1n) is 3.13. The molecule has 0 bridgehead atoms. The van der Waals surface area contributed by atoms with Crippen LogP contribution in [0.5, 0.6) is 0 Å². The maximum absolute atomic E-state index is 8.41. The standard InChI is InChI=1S/C7H9N2O/c10-6-5-9-7-3-1-2-4-8-7/h1-4,10H,5-6H2.